The zero-order chi connectivity index (χ0) is 16.4. The first-order valence-corrected chi connectivity index (χ1v) is 7.73. The van der Waals surface area contributed by atoms with Gasteiger partial charge in [-0.3, -0.25) is 4.79 Å². The molecular weight excluding hydrogens is 282 g/mol. The van der Waals surface area contributed by atoms with E-state index in [-0.39, 0.29) is 5.78 Å². The fraction of sp³-hybridized carbons (Fsp3) is 0.143. The summed E-state index contributed by atoms with van der Waals surface area (Å²) in [4.78, 5) is 12.5. The molecule has 0 atom stereocenters. The fourth-order valence-electron chi connectivity index (χ4n) is 2.88. The molecular formula is C21H20NO+. The van der Waals surface area contributed by atoms with Gasteiger partial charge in [-0.05, 0) is 31.5 Å². The zero-order valence-electron chi connectivity index (χ0n) is 13.7. The van der Waals surface area contributed by atoms with Crippen LogP contribution in [0.3, 0.4) is 0 Å². The van der Waals surface area contributed by atoms with Gasteiger partial charge in [-0.25, -0.2) is 4.57 Å². The Morgan fingerprint density at radius 1 is 0.870 bits per heavy atom. The highest BCUT2D eigenvalue weighted by Crippen LogP contribution is 2.21. The Kier molecular flexibility index (Phi) is 4.07. The van der Waals surface area contributed by atoms with E-state index < -0.39 is 0 Å². The van der Waals surface area contributed by atoms with E-state index in [1.54, 1.807) is 0 Å². The topological polar surface area (TPSA) is 20.9 Å². The first kappa shape index (κ1) is 15.2. The standard InChI is InChI=1S/C21H20NO/c1-15-9-11-19(16(2)13-15)20-12-10-18(14-22(20)3)21(23)17-7-5-4-6-8-17/h4-14H,1-3H3/q+1. The molecule has 2 heteroatoms. The van der Waals surface area contributed by atoms with Crippen molar-refractivity contribution in [3.8, 4) is 11.3 Å². The molecule has 2 nitrogen and oxygen atoms in total. The molecule has 0 bridgehead atoms. The number of benzene rings is 2. The summed E-state index contributed by atoms with van der Waals surface area (Å²) in [6.07, 6.45) is 1.91. The number of nitrogens with zero attached hydrogens (tertiary/aromatic N) is 1. The van der Waals surface area contributed by atoms with Gasteiger partial charge in [0.15, 0.2) is 12.0 Å². The van der Waals surface area contributed by atoms with Crippen molar-refractivity contribution >= 4 is 5.78 Å². The Bertz CT molecular complexity index is 866. The third-order valence-corrected chi connectivity index (χ3v) is 4.09. The molecule has 114 valence electrons. The molecule has 0 fully saturated rings. The van der Waals surface area contributed by atoms with Gasteiger partial charge in [0.2, 0.25) is 5.69 Å². The second-order valence-electron chi connectivity index (χ2n) is 5.93. The van der Waals surface area contributed by atoms with Crippen LogP contribution >= 0.6 is 0 Å². The summed E-state index contributed by atoms with van der Waals surface area (Å²) in [6, 6.07) is 19.7. The van der Waals surface area contributed by atoms with Crippen molar-refractivity contribution in [1.29, 1.82) is 0 Å². The van der Waals surface area contributed by atoms with Gasteiger partial charge < -0.3 is 0 Å². The van der Waals surface area contributed by atoms with E-state index in [1.165, 1.54) is 16.7 Å². The predicted octanol–water partition coefficient (Wildman–Crippen LogP) is 4.03. The predicted molar refractivity (Wildman–Crippen MR) is 92.4 cm³/mol. The van der Waals surface area contributed by atoms with Gasteiger partial charge in [-0.15, -0.1) is 0 Å². The van der Waals surface area contributed by atoms with Gasteiger partial charge in [0.05, 0.1) is 5.56 Å². The van der Waals surface area contributed by atoms with Crippen LogP contribution in [0, 0.1) is 13.8 Å². The summed E-state index contributed by atoms with van der Waals surface area (Å²) in [6.45, 7) is 4.21. The van der Waals surface area contributed by atoms with Crippen molar-refractivity contribution in [3.63, 3.8) is 0 Å². The van der Waals surface area contributed by atoms with E-state index in [0.717, 1.165) is 5.69 Å². The molecule has 0 aliphatic carbocycles. The molecule has 0 saturated heterocycles. The van der Waals surface area contributed by atoms with Gasteiger partial charge in [0, 0.05) is 17.2 Å². The number of hydrogen-bond donors (Lipinski definition) is 0. The van der Waals surface area contributed by atoms with Crippen LogP contribution in [-0.4, -0.2) is 5.78 Å². The summed E-state index contributed by atoms with van der Waals surface area (Å²) in [5.74, 6) is 0.0494. The van der Waals surface area contributed by atoms with Crippen LogP contribution in [-0.2, 0) is 7.05 Å². The molecule has 1 heterocycles. The number of rotatable bonds is 3. The molecule has 0 spiro atoms. The number of pyridine rings is 1. The molecule has 0 amide bonds. The van der Waals surface area contributed by atoms with E-state index in [2.05, 4.69) is 32.0 Å². The van der Waals surface area contributed by atoms with Crippen LogP contribution in [0.1, 0.15) is 27.0 Å². The van der Waals surface area contributed by atoms with Crippen molar-refractivity contribution in [1.82, 2.24) is 0 Å². The fourth-order valence-corrected chi connectivity index (χ4v) is 2.88. The van der Waals surface area contributed by atoms with E-state index >= 15 is 0 Å². The summed E-state index contributed by atoms with van der Waals surface area (Å²) >= 11 is 0. The maximum Gasteiger partial charge on any atom is 0.212 e. The third-order valence-electron chi connectivity index (χ3n) is 4.09. The summed E-state index contributed by atoms with van der Waals surface area (Å²) in [5, 5.41) is 0. The van der Waals surface area contributed by atoms with Crippen molar-refractivity contribution in [2.75, 3.05) is 0 Å². The molecule has 2 aromatic carbocycles. The lowest BCUT2D eigenvalue weighted by Crippen LogP contribution is -2.32. The maximum absolute atomic E-state index is 12.5. The second-order valence-corrected chi connectivity index (χ2v) is 5.93. The van der Waals surface area contributed by atoms with Gasteiger partial charge >= 0.3 is 0 Å². The highest BCUT2D eigenvalue weighted by molar-refractivity contribution is 6.08. The lowest BCUT2D eigenvalue weighted by molar-refractivity contribution is -0.660. The molecule has 1 aromatic heterocycles. The molecule has 0 saturated carbocycles. The Morgan fingerprint density at radius 3 is 2.26 bits per heavy atom. The number of ketones is 1. The number of aryl methyl sites for hydroxylation is 3. The SMILES string of the molecule is Cc1ccc(-c2ccc(C(=O)c3ccccc3)c[n+]2C)c(C)c1. The minimum absolute atomic E-state index is 0.0494. The largest absolute Gasteiger partial charge is 0.288 e. The monoisotopic (exact) mass is 302 g/mol. The zero-order valence-corrected chi connectivity index (χ0v) is 13.7. The van der Waals surface area contributed by atoms with Crippen molar-refractivity contribution in [2.45, 2.75) is 13.8 Å². The lowest BCUT2D eigenvalue weighted by atomic mass is 10.0. The molecule has 0 radical (unpaired) electrons. The van der Waals surface area contributed by atoms with Crippen molar-refractivity contribution < 1.29 is 9.36 Å². The van der Waals surface area contributed by atoms with Crippen molar-refractivity contribution in [3.05, 3.63) is 89.1 Å². The second kappa shape index (κ2) is 6.17. The average Bonchev–Trinajstić information content (AvgIpc) is 2.55. The van der Waals surface area contributed by atoms with Gasteiger partial charge in [-0.1, -0.05) is 48.0 Å². The molecule has 3 rings (SSSR count). The minimum atomic E-state index is 0.0494. The highest BCUT2D eigenvalue weighted by Gasteiger charge is 2.17. The molecule has 3 aromatic rings. The molecule has 0 aliphatic rings. The summed E-state index contributed by atoms with van der Waals surface area (Å²) < 4.78 is 2.02. The third kappa shape index (κ3) is 3.07. The summed E-state index contributed by atoms with van der Waals surface area (Å²) in [5.41, 5.74) is 6.20. The lowest BCUT2D eigenvalue weighted by Gasteiger charge is -2.07. The maximum atomic E-state index is 12.5. The molecule has 0 N–H and O–H groups in total. The smallest absolute Gasteiger partial charge is 0.212 e. The van der Waals surface area contributed by atoms with E-state index in [1.807, 2.05) is 60.3 Å². The van der Waals surface area contributed by atoms with Crippen LogP contribution in [0.25, 0.3) is 11.3 Å². The average molecular weight is 302 g/mol. The van der Waals surface area contributed by atoms with E-state index in [4.69, 9.17) is 0 Å². The van der Waals surface area contributed by atoms with Crippen LogP contribution in [0.4, 0.5) is 0 Å². The van der Waals surface area contributed by atoms with Crippen LogP contribution < -0.4 is 4.57 Å². The van der Waals surface area contributed by atoms with Gasteiger partial charge in [0.1, 0.15) is 7.05 Å². The Hall–Kier alpha value is -2.74. The number of hydrogen-bond acceptors (Lipinski definition) is 1. The van der Waals surface area contributed by atoms with Crippen LogP contribution in [0.15, 0.2) is 66.9 Å². The number of carbonyl (C=O) groups is 1. The Balaban J connectivity index is 2.00. The highest BCUT2D eigenvalue weighted by atomic mass is 16.1. The molecule has 0 aliphatic heterocycles. The van der Waals surface area contributed by atoms with E-state index in [0.29, 0.717) is 11.1 Å². The van der Waals surface area contributed by atoms with E-state index in [9.17, 15) is 4.79 Å². The normalized spacial score (nSPS) is 10.6. The summed E-state index contributed by atoms with van der Waals surface area (Å²) in [7, 11) is 1.98. The van der Waals surface area contributed by atoms with Crippen LogP contribution in [0.2, 0.25) is 0 Å². The molecule has 0 unspecified atom stereocenters. The first-order valence-electron chi connectivity index (χ1n) is 7.73. The quantitative estimate of drug-likeness (QED) is 0.528. The van der Waals surface area contributed by atoms with Crippen molar-refractivity contribution in [2.24, 2.45) is 7.05 Å². The van der Waals surface area contributed by atoms with Crippen LogP contribution in [0.5, 0.6) is 0 Å². The molecule has 23 heavy (non-hydrogen) atoms. The first-order chi connectivity index (χ1) is 11.1. The number of carbonyl (C=O) groups excluding carboxylic acids is 1. The number of aromatic nitrogens is 1. The van der Waals surface area contributed by atoms with Gasteiger partial charge in [-0.2, -0.15) is 0 Å². The minimum Gasteiger partial charge on any atom is -0.288 e. The van der Waals surface area contributed by atoms with Gasteiger partial charge in [0.25, 0.3) is 0 Å². The Morgan fingerprint density at radius 2 is 1.61 bits per heavy atom. The Labute approximate surface area is 137 Å².